The summed E-state index contributed by atoms with van der Waals surface area (Å²) in [5.41, 5.74) is 3.67. The number of methoxy groups -OCH3 is 1. The van der Waals surface area contributed by atoms with Crippen molar-refractivity contribution in [3.8, 4) is 0 Å². The van der Waals surface area contributed by atoms with Crippen LogP contribution in [0.1, 0.15) is 34.1 Å². The lowest BCUT2D eigenvalue weighted by Gasteiger charge is -2.47. The van der Waals surface area contributed by atoms with Crippen molar-refractivity contribution in [3.63, 3.8) is 0 Å². The zero-order valence-corrected chi connectivity index (χ0v) is 14.0. The minimum atomic E-state index is -0.0597. The van der Waals surface area contributed by atoms with Crippen molar-refractivity contribution >= 4 is 15.9 Å². The van der Waals surface area contributed by atoms with E-state index >= 15 is 0 Å². The van der Waals surface area contributed by atoms with Gasteiger partial charge in [0.25, 0.3) is 0 Å². The fourth-order valence-corrected chi connectivity index (χ4v) is 4.89. The fourth-order valence-electron chi connectivity index (χ4n) is 4.48. The molecule has 0 saturated heterocycles. The van der Waals surface area contributed by atoms with Gasteiger partial charge >= 0.3 is 0 Å². The van der Waals surface area contributed by atoms with Crippen LogP contribution in [0, 0.1) is 17.3 Å². The van der Waals surface area contributed by atoms with E-state index in [2.05, 4.69) is 48.0 Å². The molecule has 1 spiro atoms. The van der Waals surface area contributed by atoms with E-state index in [0.29, 0.717) is 5.92 Å². The number of halogens is 1. The quantitative estimate of drug-likeness (QED) is 0.670. The number of hydrogen-bond donors (Lipinski definition) is 0. The van der Waals surface area contributed by atoms with Gasteiger partial charge < -0.3 is 4.74 Å². The van der Waals surface area contributed by atoms with Crippen molar-refractivity contribution in [3.05, 3.63) is 45.9 Å². The molecule has 2 heteroatoms. The summed E-state index contributed by atoms with van der Waals surface area (Å²) < 4.78 is 22.9. The van der Waals surface area contributed by atoms with Crippen LogP contribution >= 0.6 is 15.9 Å². The Bertz CT molecular complexity index is 624. The largest absolute Gasteiger partial charge is 0.381 e. The van der Waals surface area contributed by atoms with E-state index in [-0.39, 0.29) is 24.0 Å². The average Bonchev–Trinajstić information content (AvgIpc) is 2.75. The zero-order chi connectivity index (χ0) is 16.1. The van der Waals surface area contributed by atoms with Crippen LogP contribution < -0.4 is 0 Å². The van der Waals surface area contributed by atoms with Gasteiger partial charge in [0.1, 0.15) is 0 Å². The van der Waals surface area contributed by atoms with Crippen molar-refractivity contribution in [1.82, 2.24) is 0 Å². The van der Waals surface area contributed by atoms with Crippen LogP contribution in [0.3, 0.4) is 0 Å². The number of ether oxygens (including phenoxy) is 1. The van der Waals surface area contributed by atoms with Gasteiger partial charge in [0.2, 0.25) is 0 Å². The Balaban J connectivity index is 2.05. The van der Waals surface area contributed by atoms with E-state index in [1.165, 1.54) is 11.1 Å². The van der Waals surface area contributed by atoms with Gasteiger partial charge in [-0.15, -0.1) is 0 Å². The summed E-state index contributed by atoms with van der Waals surface area (Å²) in [4.78, 5) is 0. The number of fused-ring (bicyclic) bond motifs is 1. The lowest BCUT2D eigenvalue weighted by Crippen LogP contribution is -2.44. The second-order valence-electron chi connectivity index (χ2n) is 6.63. The smallest absolute Gasteiger partial charge is 0.0659 e. The first-order valence-corrected chi connectivity index (χ1v) is 8.15. The van der Waals surface area contributed by atoms with Gasteiger partial charge in [0.05, 0.1) is 8.85 Å². The summed E-state index contributed by atoms with van der Waals surface area (Å²) in [6.07, 6.45) is 3.02. The van der Waals surface area contributed by atoms with Crippen LogP contribution in [0.5, 0.6) is 0 Å². The molecule has 4 atom stereocenters. The minimum Gasteiger partial charge on any atom is -0.381 e. The summed E-state index contributed by atoms with van der Waals surface area (Å²) >= 11 is 3.56. The highest BCUT2D eigenvalue weighted by atomic mass is 79.9. The molecule has 2 unspecified atom stereocenters. The van der Waals surface area contributed by atoms with Crippen LogP contribution in [0.15, 0.2) is 34.8 Å². The molecule has 3 rings (SSSR count). The summed E-state index contributed by atoms with van der Waals surface area (Å²) in [5, 5.41) is 0. The predicted molar refractivity (Wildman–Crippen MR) is 86.9 cm³/mol. The normalized spacial score (nSPS) is 37.6. The SMILES string of the molecule is [2H]C([2H])=C1[C@H](C)C(OC)[C@H](C)CC12Cc1ccc(Br)cc1C2. The van der Waals surface area contributed by atoms with Crippen LogP contribution in [0.2, 0.25) is 0 Å². The van der Waals surface area contributed by atoms with E-state index < -0.39 is 0 Å². The van der Waals surface area contributed by atoms with E-state index in [9.17, 15) is 0 Å². The monoisotopic (exact) mass is 336 g/mol. The highest BCUT2D eigenvalue weighted by Crippen LogP contribution is 2.54. The maximum Gasteiger partial charge on any atom is 0.0659 e. The zero-order valence-electron chi connectivity index (χ0n) is 14.4. The van der Waals surface area contributed by atoms with Crippen LogP contribution in [0.4, 0.5) is 0 Å². The van der Waals surface area contributed by atoms with E-state index in [0.717, 1.165) is 29.3 Å². The standard InChI is InChI=1S/C18H23BrO/c1-11-8-18(13(3)12(2)17(11)20-4)9-14-5-6-16(19)7-15(14)10-18/h5-7,11-12,17H,3,8-10H2,1-2,4H3/t11-,12+,17?,18?/m1/s1/i3D2. The topological polar surface area (TPSA) is 9.23 Å². The molecule has 0 bridgehead atoms. The lowest BCUT2D eigenvalue weighted by atomic mass is 9.60. The summed E-state index contributed by atoms with van der Waals surface area (Å²) in [7, 11) is 1.75. The predicted octanol–water partition coefficient (Wildman–Crippen LogP) is 4.78. The molecule has 0 aromatic heterocycles. The molecule has 0 amide bonds. The van der Waals surface area contributed by atoms with Gasteiger partial charge in [0.15, 0.2) is 0 Å². The molecule has 1 nitrogen and oxygen atoms in total. The highest BCUT2D eigenvalue weighted by molar-refractivity contribution is 9.10. The van der Waals surface area contributed by atoms with E-state index in [1.54, 1.807) is 7.11 Å². The molecule has 0 radical (unpaired) electrons. The van der Waals surface area contributed by atoms with Crippen molar-refractivity contribution in [2.24, 2.45) is 17.3 Å². The Morgan fingerprint density at radius 3 is 2.80 bits per heavy atom. The third-order valence-electron chi connectivity index (χ3n) is 5.29. The molecule has 0 N–H and O–H groups in total. The van der Waals surface area contributed by atoms with Gasteiger partial charge in [-0.05, 0) is 53.9 Å². The molecule has 2 aliphatic rings. The number of rotatable bonds is 1. The van der Waals surface area contributed by atoms with Gasteiger partial charge in [-0.1, -0.05) is 47.9 Å². The summed E-state index contributed by atoms with van der Waals surface area (Å²) in [6.45, 7) is 4.37. The molecule has 108 valence electrons. The van der Waals surface area contributed by atoms with E-state index in [1.807, 2.05) is 0 Å². The molecule has 1 aromatic carbocycles. The maximum absolute atomic E-state index is 8.05. The van der Waals surface area contributed by atoms with Crippen molar-refractivity contribution in [1.29, 1.82) is 0 Å². The first-order valence-electron chi connectivity index (χ1n) is 8.36. The third-order valence-corrected chi connectivity index (χ3v) is 5.78. The van der Waals surface area contributed by atoms with Crippen LogP contribution in [-0.2, 0) is 17.6 Å². The van der Waals surface area contributed by atoms with Crippen LogP contribution in [-0.4, -0.2) is 13.2 Å². The Morgan fingerprint density at radius 1 is 1.35 bits per heavy atom. The van der Waals surface area contributed by atoms with Crippen molar-refractivity contribution < 1.29 is 7.48 Å². The summed E-state index contributed by atoms with van der Waals surface area (Å²) in [5.74, 6) is 0.581. The second-order valence-corrected chi connectivity index (χ2v) is 7.55. The molecular weight excluding hydrogens is 312 g/mol. The van der Waals surface area contributed by atoms with Crippen LogP contribution in [0.25, 0.3) is 0 Å². The number of hydrogen-bond acceptors (Lipinski definition) is 1. The van der Waals surface area contributed by atoms with Gasteiger partial charge in [0, 0.05) is 17.5 Å². The Kier molecular flexibility index (Phi) is 3.00. The Morgan fingerprint density at radius 2 is 2.10 bits per heavy atom. The van der Waals surface area contributed by atoms with Crippen molar-refractivity contribution in [2.75, 3.05) is 7.11 Å². The molecule has 0 aliphatic heterocycles. The number of benzene rings is 1. The first kappa shape index (κ1) is 12.0. The highest BCUT2D eigenvalue weighted by Gasteiger charge is 2.48. The molecule has 20 heavy (non-hydrogen) atoms. The molecule has 1 aromatic rings. The summed E-state index contributed by atoms with van der Waals surface area (Å²) in [6, 6.07) is 6.49. The lowest BCUT2D eigenvalue weighted by molar-refractivity contribution is -0.0162. The Labute approximate surface area is 133 Å². The van der Waals surface area contributed by atoms with Gasteiger partial charge in [-0.3, -0.25) is 0 Å². The van der Waals surface area contributed by atoms with Gasteiger partial charge in [-0.25, -0.2) is 0 Å². The average molecular weight is 337 g/mol. The Hall–Kier alpha value is -0.600. The maximum atomic E-state index is 8.05. The van der Waals surface area contributed by atoms with E-state index in [4.69, 9.17) is 7.48 Å². The molecule has 2 aliphatic carbocycles. The van der Waals surface area contributed by atoms with Crippen molar-refractivity contribution in [2.45, 2.75) is 39.2 Å². The molecular formula is C18H23BrO. The molecule has 0 heterocycles. The van der Waals surface area contributed by atoms with Gasteiger partial charge in [-0.2, -0.15) is 0 Å². The molecule has 1 fully saturated rings. The molecule has 1 saturated carbocycles. The first-order chi connectivity index (χ1) is 10.4. The second kappa shape index (κ2) is 4.99. The fraction of sp³-hybridized carbons (Fsp3) is 0.556. The minimum absolute atomic E-state index is 0.00618. The third kappa shape index (κ3) is 2.08.